The number of nitrogens with two attached hydrogens (primary N) is 1. The molecule has 1 aliphatic rings. The van der Waals surface area contributed by atoms with E-state index >= 15 is 0 Å². The topological polar surface area (TPSA) is 84.9 Å². The predicted molar refractivity (Wildman–Crippen MR) is 78.4 cm³/mol. The van der Waals surface area contributed by atoms with Crippen LogP contribution in [0.5, 0.6) is 5.75 Å². The van der Waals surface area contributed by atoms with E-state index in [0.29, 0.717) is 11.4 Å². The highest BCUT2D eigenvalue weighted by molar-refractivity contribution is 5.73. The number of hydrogen-bond donors (Lipinski definition) is 1. The molecule has 7 heteroatoms. The average Bonchev–Trinajstić information content (AvgIpc) is 2.63. The van der Waals surface area contributed by atoms with Gasteiger partial charge in [-0.05, 0) is 20.0 Å². The lowest BCUT2D eigenvalue weighted by atomic mass is 10.2. The van der Waals surface area contributed by atoms with Gasteiger partial charge >= 0.3 is 0 Å². The highest BCUT2D eigenvalue weighted by Gasteiger charge is 2.23. The Labute approximate surface area is 118 Å². The zero-order chi connectivity index (χ0) is 14.7. The largest absolute Gasteiger partial charge is 0.495 e. The summed E-state index contributed by atoms with van der Waals surface area (Å²) in [4.78, 5) is 15.1. The van der Waals surface area contributed by atoms with Crippen molar-refractivity contribution in [2.24, 2.45) is 0 Å². The Hall–Kier alpha value is -2.02. The van der Waals surface area contributed by atoms with Gasteiger partial charge in [0.15, 0.2) is 0 Å². The highest BCUT2D eigenvalue weighted by Crippen LogP contribution is 2.37. The molecule has 20 heavy (non-hydrogen) atoms. The lowest BCUT2D eigenvalue weighted by molar-refractivity contribution is -0.384. The predicted octanol–water partition coefficient (Wildman–Crippen LogP) is 1.33. The SMILES string of the molecule is COc1cc(N2CCCN(C)CC2)c([N+](=O)[O-])cc1N. The maximum atomic E-state index is 11.2. The minimum absolute atomic E-state index is 0.0350. The number of hydrogen-bond acceptors (Lipinski definition) is 6. The van der Waals surface area contributed by atoms with E-state index in [1.54, 1.807) is 6.07 Å². The van der Waals surface area contributed by atoms with Gasteiger partial charge in [-0.1, -0.05) is 0 Å². The fraction of sp³-hybridized carbons (Fsp3) is 0.538. The maximum absolute atomic E-state index is 11.2. The minimum atomic E-state index is -0.389. The van der Waals surface area contributed by atoms with Crippen molar-refractivity contribution in [3.05, 3.63) is 22.2 Å². The third-order valence-corrected chi connectivity index (χ3v) is 3.58. The zero-order valence-electron chi connectivity index (χ0n) is 11.8. The number of nitro groups is 1. The first-order valence-corrected chi connectivity index (χ1v) is 6.58. The van der Waals surface area contributed by atoms with Gasteiger partial charge in [-0.25, -0.2) is 0 Å². The standard InChI is InChI=1S/C13H20N4O3/c1-15-4-3-5-16(7-6-15)11-9-13(20-2)10(14)8-12(11)17(18)19/h8-9H,3-7,14H2,1-2H3. The third kappa shape index (κ3) is 2.93. The number of ether oxygens (including phenoxy) is 1. The Bertz CT molecular complexity index is 507. The van der Waals surface area contributed by atoms with Crippen LogP contribution in [0.15, 0.2) is 12.1 Å². The second-order valence-electron chi connectivity index (χ2n) is 4.98. The third-order valence-electron chi connectivity index (χ3n) is 3.58. The van der Waals surface area contributed by atoms with Crippen molar-refractivity contribution >= 4 is 17.1 Å². The summed E-state index contributed by atoms with van der Waals surface area (Å²) in [5.74, 6) is 0.475. The molecule has 0 saturated carbocycles. The fourth-order valence-electron chi connectivity index (χ4n) is 2.44. The summed E-state index contributed by atoms with van der Waals surface area (Å²) in [7, 11) is 3.57. The van der Waals surface area contributed by atoms with Crippen molar-refractivity contribution in [1.29, 1.82) is 0 Å². The monoisotopic (exact) mass is 280 g/mol. The molecule has 1 saturated heterocycles. The number of rotatable bonds is 3. The summed E-state index contributed by atoms with van der Waals surface area (Å²) in [6, 6.07) is 3.04. The molecule has 2 rings (SSSR count). The van der Waals surface area contributed by atoms with E-state index in [1.165, 1.54) is 13.2 Å². The molecule has 0 aliphatic carbocycles. The average molecular weight is 280 g/mol. The molecule has 110 valence electrons. The summed E-state index contributed by atoms with van der Waals surface area (Å²) in [6.45, 7) is 3.42. The summed E-state index contributed by atoms with van der Waals surface area (Å²) in [5.41, 5.74) is 6.67. The Morgan fingerprint density at radius 2 is 2.05 bits per heavy atom. The molecule has 0 unspecified atom stereocenters. The molecule has 0 aromatic heterocycles. The van der Waals surface area contributed by atoms with Crippen LogP contribution in [0.25, 0.3) is 0 Å². The molecule has 1 aliphatic heterocycles. The van der Waals surface area contributed by atoms with Crippen LogP contribution in [0.2, 0.25) is 0 Å². The smallest absolute Gasteiger partial charge is 0.294 e. The lowest BCUT2D eigenvalue weighted by Gasteiger charge is -2.23. The second kappa shape index (κ2) is 5.96. The number of nitrogen functional groups attached to an aromatic ring is 1. The molecule has 0 atom stereocenters. The van der Waals surface area contributed by atoms with Crippen LogP contribution in [0.4, 0.5) is 17.1 Å². The zero-order valence-corrected chi connectivity index (χ0v) is 11.8. The maximum Gasteiger partial charge on any atom is 0.294 e. The van der Waals surface area contributed by atoms with Crippen LogP contribution in [-0.2, 0) is 0 Å². The number of methoxy groups -OCH3 is 1. The molecular weight excluding hydrogens is 260 g/mol. The fourth-order valence-corrected chi connectivity index (χ4v) is 2.44. The van der Waals surface area contributed by atoms with Crippen LogP contribution >= 0.6 is 0 Å². The number of anilines is 2. The van der Waals surface area contributed by atoms with Gasteiger partial charge in [-0.3, -0.25) is 10.1 Å². The minimum Gasteiger partial charge on any atom is -0.495 e. The van der Waals surface area contributed by atoms with Crippen molar-refractivity contribution < 1.29 is 9.66 Å². The van der Waals surface area contributed by atoms with Crippen molar-refractivity contribution in [1.82, 2.24) is 4.90 Å². The Balaban J connectivity index is 2.39. The van der Waals surface area contributed by atoms with E-state index < -0.39 is 0 Å². The number of benzene rings is 1. The number of likely N-dealkylation sites (N-methyl/N-ethyl adjacent to an activating group) is 1. The summed E-state index contributed by atoms with van der Waals surface area (Å²) < 4.78 is 5.18. The summed E-state index contributed by atoms with van der Waals surface area (Å²) >= 11 is 0. The Kier molecular flexibility index (Phi) is 4.29. The molecule has 1 aromatic carbocycles. The summed E-state index contributed by atoms with van der Waals surface area (Å²) in [6.07, 6.45) is 0.973. The quantitative estimate of drug-likeness (QED) is 0.511. The van der Waals surface area contributed by atoms with Crippen LogP contribution in [-0.4, -0.2) is 50.2 Å². The first-order chi connectivity index (χ1) is 9.52. The highest BCUT2D eigenvalue weighted by atomic mass is 16.6. The summed E-state index contributed by atoms with van der Waals surface area (Å²) in [5, 5.41) is 11.2. The van der Waals surface area contributed by atoms with Gasteiger partial charge in [0.05, 0.1) is 17.7 Å². The van der Waals surface area contributed by atoms with Crippen molar-refractivity contribution in [3.8, 4) is 5.75 Å². The molecule has 0 bridgehead atoms. The number of nitrogens with zero attached hydrogens (tertiary/aromatic N) is 3. The molecular formula is C13H20N4O3. The molecule has 1 aromatic rings. The van der Waals surface area contributed by atoms with Gasteiger partial charge in [0.2, 0.25) is 0 Å². The molecule has 0 spiro atoms. The van der Waals surface area contributed by atoms with E-state index in [4.69, 9.17) is 10.5 Å². The Morgan fingerprint density at radius 3 is 2.70 bits per heavy atom. The molecule has 7 nitrogen and oxygen atoms in total. The van der Waals surface area contributed by atoms with Crippen molar-refractivity contribution in [2.75, 3.05) is 51.0 Å². The van der Waals surface area contributed by atoms with Gasteiger partial charge in [0.1, 0.15) is 11.4 Å². The van der Waals surface area contributed by atoms with E-state index in [0.717, 1.165) is 32.6 Å². The normalized spacial score (nSPS) is 16.8. The van der Waals surface area contributed by atoms with E-state index in [-0.39, 0.29) is 16.3 Å². The van der Waals surface area contributed by atoms with E-state index in [1.807, 2.05) is 4.90 Å². The lowest BCUT2D eigenvalue weighted by Crippen LogP contribution is -2.29. The molecule has 0 amide bonds. The van der Waals surface area contributed by atoms with Gasteiger partial charge in [0.25, 0.3) is 5.69 Å². The molecule has 1 heterocycles. The van der Waals surface area contributed by atoms with Crippen molar-refractivity contribution in [3.63, 3.8) is 0 Å². The molecule has 2 N–H and O–H groups in total. The van der Waals surface area contributed by atoms with Gasteiger partial charge in [0, 0.05) is 31.8 Å². The molecule has 1 fully saturated rings. The first kappa shape index (κ1) is 14.4. The van der Waals surface area contributed by atoms with E-state index in [9.17, 15) is 10.1 Å². The Morgan fingerprint density at radius 1 is 1.30 bits per heavy atom. The van der Waals surface area contributed by atoms with Crippen molar-refractivity contribution in [2.45, 2.75) is 6.42 Å². The van der Waals surface area contributed by atoms with Gasteiger partial charge in [-0.15, -0.1) is 0 Å². The first-order valence-electron chi connectivity index (χ1n) is 6.58. The molecule has 0 radical (unpaired) electrons. The van der Waals surface area contributed by atoms with Crippen LogP contribution in [0.3, 0.4) is 0 Å². The van der Waals surface area contributed by atoms with Gasteiger partial charge < -0.3 is 20.3 Å². The van der Waals surface area contributed by atoms with Crippen LogP contribution in [0.1, 0.15) is 6.42 Å². The van der Waals surface area contributed by atoms with E-state index in [2.05, 4.69) is 11.9 Å². The second-order valence-corrected chi connectivity index (χ2v) is 4.98. The number of nitro benzene ring substituents is 1. The van der Waals surface area contributed by atoms with Crippen LogP contribution < -0.4 is 15.4 Å². The van der Waals surface area contributed by atoms with Gasteiger partial charge in [-0.2, -0.15) is 0 Å². The van der Waals surface area contributed by atoms with Crippen LogP contribution in [0, 0.1) is 10.1 Å².